The Morgan fingerprint density at radius 1 is 0.377 bits per heavy atom. The van der Waals surface area contributed by atoms with Crippen LogP contribution in [0.15, 0.2) is 213 Å². The largest absolute Gasteiger partial charge is 0.378 e. The molecule has 53 heavy (non-hydrogen) atoms. The molecule has 0 bridgehead atoms. The molecule has 0 heterocycles. The van der Waals surface area contributed by atoms with Crippen molar-refractivity contribution in [3.05, 3.63) is 230 Å². The van der Waals surface area contributed by atoms with Crippen LogP contribution in [0, 0.1) is 0 Å². The van der Waals surface area contributed by atoms with Gasteiger partial charge in [0.2, 0.25) is 0 Å². The van der Waals surface area contributed by atoms with Crippen LogP contribution < -0.4 is 5.32 Å². The molecular formula is C52H41N. The highest BCUT2D eigenvalue weighted by Crippen LogP contribution is 2.35. The predicted molar refractivity (Wildman–Crippen MR) is 227 cm³/mol. The molecule has 8 aromatic rings. The van der Waals surface area contributed by atoms with Gasteiger partial charge < -0.3 is 5.32 Å². The molecule has 1 heteroatoms. The molecule has 0 fully saturated rings. The summed E-state index contributed by atoms with van der Waals surface area (Å²) in [6.45, 7) is 6.75. The Bertz CT molecular complexity index is 2490. The molecule has 0 amide bonds. The van der Waals surface area contributed by atoms with E-state index in [1.54, 1.807) is 0 Å². The van der Waals surface area contributed by atoms with Gasteiger partial charge in [0, 0.05) is 17.3 Å². The fourth-order valence-electron chi connectivity index (χ4n) is 7.09. The third-order valence-electron chi connectivity index (χ3n) is 10.0. The third-order valence-corrected chi connectivity index (χ3v) is 10.0. The molecule has 0 aromatic heterocycles. The predicted octanol–water partition coefficient (Wildman–Crippen LogP) is 14.3. The van der Waals surface area contributed by atoms with Gasteiger partial charge in [0.15, 0.2) is 0 Å². The summed E-state index contributed by atoms with van der Waals surface area (Å²) in [4.78, 5) is 0. The highest BCUT2D eigenvalue weighted by molar-refractivity contribution is 5.86. The van der Waals surface area contributed by atoms with Crippen molar-refractivity contribution in [2.24, 2.45) is 0 Å². The quantitative estimate of drug-likeness (QED) is 0.152. The van der Waals surface area contributed by atoms with Gasteiger partial charge in [-0.1, -0.05) is 183 Å². The van der Waals surface area contributed by atoms with Crippen molar-refractivity contribution in [1.82, 2.24) is 0 Å². The van der Waals surface area contributed by atoms with Crippen LogP contribution in [-0.2, 0) is 0 Å². The first kappa shape index (κ1) is 33.4. The minimum Gasteiger partial charge on any atom is -0.378 e. The molecular weight excluding hydrogens is 639 g/mol. The Labute approximate surface area is 313 Å². The lowest BCUT2D eigenvalue weighted by molar-refractivity contribution is 0.884. The van der Waals surface area contributed by atoms with E-state index in [0.717, 1.165) is 22.4 Å². The normalized spacial score (nSPS) is 11.5. The molecule has 0 radical (unpaired) electrons. The van der Waals surface area contributed by atoms with Crippen LogP contribution in [0.3, 0.4) is 0 Å². The lowest BCUT2D eigenvalue weighted by Gasteiger charge is -2.20. The molecule has 1 unspecified atom stereocenters. The average Bonchev–Trinajstić information content (AvgIpc) is 3.24. The number of anilines is 1. The molecule has 0 saturated carbocycles. The van der Waals surface area contributed by atoms with E-state index in [2.05, 4.69) is 219 Å². The van der Waals surface area contributed by atoms with Gasteiger partial charge in [-0.15, -0.1) is 0 Å². The lowest BCUT2D eigenvalue weighted by atomic mass is 9.94. The first-order valence-corrected chi connectivity index (χ1v) is 18.3. The molecule has 0 aliphatic rings. The summed E-state index contributed by atoms with van der Waals surface area (Å²) in [5.74, 6) is 0. The first-order valence-electron chi connectivity index (χ1n) is 18.3. The van der Waals surface area contributed by atoms with E-state index in [1.807, 2.05) is 6.07 Å². The van der Waals surface area contributed by atoms with E-state index < -0.39 is 0 Å². The Kier molecular flexibility index (Phi) is 9.64. The summed E-state index contributed by atoms with van der Waals surface area (Å²) in [5, 5.41) is 3.81. The summed E-state index contributed by atoms with van der Waals surface area (Å²) in [6.07, 6.45) is 0. The zero-order valence-electron chi connectivity index (χ0n) is 29.9. The average molecular weight is 680 g/mol. The van der Waals surface area contributed by atoms with Crippen LogP contribution in [0.25, 0.3) is 61.2 Å². The van der Waals surface area contributed by atoms with Crippen LogP contribution in [0.1, 0.15) is 29.7 Å². The summed E-state index contributed by atoms with van der Waals surface area (Å²) >= 11 is 0. The zero-order valence-corrected chi connectivity index (χ0v) is 29.9. The number of hydrogen-bond acceptors (Lipinski definition) is 1. The van der Waals surface area contributed by atoms with Crippen molar-refractivity contribution in [2.75, 3.05) is 5.32 Å². The summed E-state index contributed by atoms with van der Waals surface area (Å²) < 4.78 is 0. The number of rotatable bonds is 10. The molecule has 0 saturated heterocycles. The molecule has 1 atom stereocenters. The Morgan fingerprint density at radius 3 is 1.28 bits per heavy atom. The number of benzene rings is 8. The fourth-order valence-corrected chi connectivity index (χ4v) is 7.09. The molecule has 0 aliphatic heterocycles. The molecule has 1 N–H and O–H groups in total. The molecule has 8 rings (SSSR count). The molecule has 1 nitrogen and oxygen atoms in total. The third kappa shape index (κ3) is 7.52. The van der Waals surface area contributed by atoms with Gasteiger partial charge in [-0.25, -0.2) is 0 Å². The first-order chi connectivity index (χ1) is 26.1. The molecule has 254 valence electrons. The lowest BCUT2D eigenvalue weighted by Crippen LogP contribution is -2.08. The summed E-state index contributed by atoms with van der Waals surface area (Å²) in [7, 11) is 0. The summed E-state index contributed by atoms with van der Waals surface area (Å²) in [6, 6.07) is 73.7. The molecule has 0 aliphatic carbocycles. The van der Waals surface area contributed by atoms with Crippen molar-refractivity contribution in [2.45, 2.75) is 13.0 Å². The number of nitrogens with one attached hydrogen (secondary N) is 1. The van der Waals surface area contributed by atoms with Crippen LogP contribution in [0.2, 0.25) is 0 Å². The Morgan fingerprint density at radius 2 is 0.755 bits per heavy atom. The smallest absolute Gasteiger partial charge is 0.0486 e. The maximum Gasteiger partial charge on any atom is 0.0486 e. The molecule has 0 spiro atoms. The maximum absolute atomic E-state index is 4.52. The van der Waals surface area contributed by atoms with Crippen LogP contribution in [0.4, 0.5) is 5.69 Å². The summed E-state index contributed by atoms with van der Waals surface area (Å²) in [5.41, 5.74) is 17.6. The fraction of sp³-hybridized carbons (Fsp3) is 0.0385. The SMILES string of the molecule is C=C(c1ccc(-c2ccccc2)cc1)c1ccccc1NC(C)c1cccc(-c2cccc(-c3cccc(-c4cccc(-c5ccccc5)c4)c3)c2)c1. The highest BCUT2D eigenvalue weighted by Gasteiger charge is 2.13. The zero-order chi connectivity index (χ0) is 36.0. The minimum atomic E-state index is 0.0795. The van der Waals surface area contributed by atoms with Gasteiger partial charge in [-0.3, -0.25) is 0 Å². The topological polar surface area (TPSA) is 12.0 Å². The number of para-hydroxylation sites is 1. The Hall–Kier alpha value is -6.70. The van der Waals surface area contributed by atoms with Gasteiger partial charge in [0.1, 0.15) is 0 Å². The van der Waals surface area contributed by atoms with Crippen molar-refractivity contribution < 1.29 is 0 Å². The standard InChI is InChI=1S/C52H41N/c1-37(39-29-31-42(32-30-39)40-15-5-3-6-16-40)51-27-9-10-28-52(51)53-38(2)43-19-11-21-45(33-43)47-23-13-25-49(35-47)50-26-14-24-48(36-50)46-22-12-20-44(34-46)41-17-7-4-8-18-41/h3-36,38,53H,1H2,2H3. The van der Waals surface area contributed by atoms with E-state index in [1.165, 1.54) is 61.2 Å². The van der Waals surface area contributed by atoms with Crippen molar-refractivity contribution in [3.8, 4) is 55.6 Å². The van der Waals surface area contributed by atoms with E-state index >= 15 is 0 Å². The Balaban J connectivity index is 1.01. The van der Waals surface area contributed by atoms with E-state index in [0.29, 0.717) is 0 Å². The second-order valence-corrected chi connectivity index (χ2v) is 13.6. The van der Waals surface area contributed by atoms with Gasteiger partial charge in [-0.2, -0.15) is 0 Å². The number of hydrogen-bond donors (Lipinski definition) is 1. The van der Waals surface area contributed by atoms with Gasteiger partial charge in [-0.05, 0) is 110 Å². The van der Waals surface area contributed by atoms with E-state index in [-0.39, 0.29) is 6.04 Å². The minimum absolute atomic E-state index is 0.0795. The maximum atomic E-state index is 4.52. The monoisotopic (exact) mass is 679 g/mol. The van der Waals surface area contributed by atoms with Crippen molar-refractivity contribution >= 4 is 11.3 Å². The van der Waals surface area contributed by atoms with Gasteiger partial charge >= 0.3 is 0 Å². The van der Waals surface area contributed by atoms with Gasteiger partial charge in [0.05, 0.1) is 0 Å². The van der Waals surface area contributed by atoms with Crippen LogP contribution >= 0.6 is 0 Å². The van der Waals surface area contributed by atoms with Crippen molar-refractivity contribution in [1.29, 1.82) is 0 Å². The van der Waals surface area contributed by atoms with Crippen molar-refractivity contribution in [3.63, 3.8) is 0 Å². The van der Waals surface area contributed by atoms with Crippen LogP contribution in [-0.4, -0.2) is 0 Å². The van der Waals surface area contributed by atoms with E-state index in [4.69, 9.17) is 0 Å². The second kappa shape index (κ2) is 15.3. The van der Waals surface area contributed by atoms with Crippen LogP contribution in [0.5, 0.6) is 0 Å². The highest BCUT2D eigenvalue weighted by atomic mass is 14.9. The molecule has 8 aromatic carbocycles. The van der Waals surface area contributed by atoms with E-state index in [9.17, 15) is 0 Å². The second-order valence-electron chi connectivity index (χ2n) is 13.6. The van der Waals surface area contributed by atoms with Gasteiger partial charge in [0.25, 0.3) is 0 Å².